The third kappa shape index (κ3) is 2.50. The molecule has 18 heavy (non-hydrogen) atoms. The van der Waals surface area contributed by atoms with Crippen LogP contribution in [-0.4, -0.2) is 15.3 Å². The lowest BCUT2D eigenvalue weighted by atomic mass is 10.2. The number of para-hydroxylation sites is 2. The molecule has 0 aliphatic rings. The standard InChI is InChI=1S/C15H18N2O/c1-4-17-14-8-6-5-7-13(14)16-15(17)10-12(18)9-11(2)3/h5-9H,4,10H2,1-3H3. The van der Waals surface area contributed by atoms with Gasteiger partial charge in [0, 0.05) is 6.54 Å². The lowest BCUT2D eigenvalue weighted by Gasteiger charge is -2.04. The smallest absolute Gasteiger partial charge is 0.163 e. The largest absolute Gasteiger partial charge is 0.328 e. The Kier molecular flexibility index (Phi) is 3.60. The van der Waals surface area contributed by atoms with E-state index in [4.69, 9.17) is 0 Å². The zero-order valence-corrected chi connectivity index (χ0v) is 11.1. The van der Waals surface area contributed by atoms with Crippen LogP contribution in [0.3, 0.4) is 0 Å². The first-order valence-corrected chi connectivity index (χ1v) is 6.23. The van der Waals surface area contributed by atoms with Gasteiger partial charge in [0.25, 0.3) is 0 Å². The van der Waals surface area contributed by atoms with Crippen molar-refractivity contribution in [2.45, 2.75) is 33.7 Å². The third-order valence-electron chi connectivity index (χ3n) is 2.83. The van der Waals surface area contributed by atoms with Gasteiger partial charge in [-0.3, -0.25) is 4.79 Å². The number of allylic oxidation sites excluding steroid dienone is 2. The molecule has 0 saturated heterocycles. The van der Waals surface area contributed by atoms with E-state index in [1.54, 1.807) is 6.08 Å². The molecule has 3 heteroatoms. The lowest BCUT2D eigenvalue weighted by molar-refractivity contribution is -0.114. The van der Waals surface area contributed by atoms with Gasteiger partial charge in [0.1, 0.15) is 5.82 Å². The molecule has 0 aliphatic heterocycles. The number of imidazole rings is 1. The van der Waals surface area contributed by atoms with Crippen LogP contribution in [0, 0.1) is 0 Å². The van der Waals surface area contributed by atoms with Crippen molar-refractivity contribution < 1.29 is 4.79 Å². The number of nitrogens with zero attached hydrogens (tertiary/aromatic N) is 2. The van der Waals surface area contributed by atoms with Crippen LogP contribution in [0.1, 0.15) is 26.6 Å². The molecule has 1 aromatic carbocycles. The molecular formula is C15H18N2O. The van der Waals surface area contributed by atoms with Crippen LogP contribution in [0.2, 0.25) is 0 Å². The number of carbonyl (C=O) groups is 1. The van der Waals surface area contributed by atoms with E-state index in [0.29, 0.717) is 6.42 Å². The first-order chi connectivity index (χ1) is 8.61. The molecule has 0 bridgehead atoms. The highest BCUT2D eigenvalue weighted by Gasteiger charge is 2.11. The molecular weight excluding hydrogens is 224 g/mol. The molecule has 1 heterocycles. The molecule has 0 saturated carbocycles. The first-order valence-electron chi connectivity index (χ1n) is 6.23. The van der Waals surface area contributed by atoms with Crippen molar-refractivity contribution in [3.05, 3.63) is 41.7 Å². The number of benzene rings is 1. The van der Waals surface area contributed by atoms with Crippen LogP contribution in [-0.2, 0) is 17.8 Å². The van der Waals surface area contributed by atoms with Crippen LogP contribution in [0.15, 0.2) is 35.9 Å². The van der Waals surface area contributed by atoms with Crippen LogP contribution >= 0.6 is 0 Å². The highest BCUT2D eigenvalue weighted by atomic mass is 16.1. The van der Waals surface area contributed by atoms with Crippen LogP contribution < -0.4 is 0 Å². The fourth-order valence-electron chi connectivity index (χ4n) is 2.14. The van der Waals surface area contributed by atoms with Gasteiger partial charge in [0.15, 0.2) is 5.78 Å². The molecule has 2 rings (SSSR count). The fourth-order valence-corrected chi connectivity index (χ4v) is 2.14. The molecule has 0 aliphatic carbocycles. The topological polar surface area (TPSA) is 34.9 Å². The normalized spacial score (nSPS) is 10.6. The quantitative estimate of drug-likeness (QED) is 0.772. The fraction of sp³-hybridized carbons (Fsp3) is 0.333. The molecule has 0 amide bonds. The molecule has 2 aromatic rings. The summed E-state index contributed by atoms with van der Waals surface area (Å²) in [4.78, 5) is 16.4. The number of ketones is 1. The summed E-state index contributed by atoms with van der Waals surface area (Å²) in [5.41, 5.74) is 3.08. The maximum absolute atomic E-state index is 11.8. The van der Waals surface area contributed by atoms with Crippen molar-refractivity contribution in [2.75, 3.05) is 0 Å². The SMILES string of the molecule is CCn1c(CC(=O)C=C(C)C)nc2ccccc21. The van der Waals surface area contributed by atoms with Crippen LogP contribution in [0.25, 0.3) is 11.0 Å². The molecule has 1 aromatic heterocycles. The minimum atomic E-state index is 0.111. The lowest BCUT2D eigenvalue weighted by Crippen LogP contribution is -2.07. The van der Waals surface area contributed by atoms with E-state index in [2.05, 4.69) is 16.5 Å². The summed E-state index contributed by atoms with van der Waals surface area (Å²) in [5.74, 6) is 0.959. The highest BCUT2D eigenvalue weighted by Crippen LogP contribution is 2.16. The predicted octanol–water partition coefficient (Wildman–Crippen LogP) is 3.13. The number of hydrogen-bond donors (Lipinski definition) is 0. The molecule has 0 spiro atoms. The van der Waals surface area contributed by atoms with Crippen molar-refractivity contribution in [1.29, 1.82) is 0 Å². The van der Waals surface area contributed by atoms with E-state index in [1.807, 2.05) is 38.1 Å². The number of hydrogen-bond acceptors (Lipinski definition) is 2. The van der Waals surface area contributed by atoms with Gasteiger partial charge in [-0.15, -0.1) is 0 Å². The van der Waals surface area contributed by atoms with E-state index in [-0.39, 0.29) is 5.78 Å². The number of fused-ring (bicyclic) bond motifs is 1. The molecule has 0 fully saturated rings. The Morgan fingerprint density at radius 1 is 1.33 bits per heavy atom. The molecule has 0 atom stereocenters. The number of carbonyl (C=O) groups excluding carboxylic acids is 1. The maximum Gasteiger partial charge on any atom is 0.163 e. The van der Waals surface area contributed by atoms with E-state index in [0.717, 1.165) is 29.0 Å². The summed E-state index contributed by atoms with van der Waals surface area (Å²) in [6, 6.07) is 7.99. The van der Waals surface area contributed by atoms with E-state index in [1.165, 1.54) is 0 Å². The molecule has 0 radical (unpaired) electrons. The Balaban J connectivity index is 2.39. The Bertz CT molecular complexity index is 604. The monoisotopic (exact) mass is 242 g/mol. The maximum atomic E-state index is 11.8. The van der Waals surface area contributed by atoms with Gasteiger partial charge in [-0.25, -0.2) is 4.98 Å². The van der Waals surface area contributed by atoms with Gasteiger partial charge in [0.05, 0.1) is 17.5 Å². The summed E-state index contributed by atoms with van der Waals surface area (Å²) >= 11 is 0. The van der Waals surface area contributed by atoms with Crippen LogP contribution in [0.5, 0.6) is 0 Å². The molecule has 0 N–H and O–H groups in total. The van der Waals surface area contributed by atoms with Crippen molar-refractivity contribution in [2.24, 2.45) is 0 Å². The van der Waals surface area contributed by atoms with E-state index < -0.39 is 0 Å². The van der Waals surface area contributed by atoms with Crippen molar-refractivity contribution in [3.63, 3.8) is 0 Å². The van der Waals surface area contributed by atoms with Crippen molar-refractivity contribution in [1.82, 2.24) is 9.55 Å². The Morgan fingerprint density at radius 2 is 2.06 bits per heavy atom. The van der Waals surface area contributed by atoms with Gasteiger partial charge in [0.2, 0.25) is 0 Å². The first kappa shape index (κ1) is 12.6. The summed E-state index contributed by atoms with van der Waals surface area (Å²) in [5, 5.41) is 0. The number of rotatable bonds is 4. The average Bonchev–Trinajstić information content (AvgIpc) is 2.64. The Labute approximate surface area is 107 Å². The summed E-state index contributed by atoms with van der Waals surface area (Å²) < 4.78 is 2.10. The van der Waals surface area contributed by atoms with Crippen molar-refractivity contribution in [3.8, 4) is 0 Å². The summed E-state index contributed by atoms with van der Waals surface area (Å²) in [7, 11) is 0. The minimum absolute atomic E-state index is 0.111. The predicted molar refractivity (Wildman–Crippen MR) is 73.5 cm³/mol. The number of aromatic nitrogens is 2. The number of aryl methyl sites for hydroxylation is 1. The van der Waals surface area contributed by atoms with Gasteiger partial charge < -0.3 is 4.57 Å². The average molecular weight is 242 g/mol. The van der Waals surface area contributed by atoms with Crippen molar-refractivity contribution >= 4 is 16.8 Å². The second-order valence-electron chi connectivity index (χ2n) is 4.63. The van der Waals surface area contributed by atoms with Gasteiger partial charge in [-0.1, -0.05) is 17.7 Å². The van der Waals surface area contributed by atoms with Gasteiger partial charge in [-0.2, -0.15) is 0 Å². The van der Waals surface area contributed by atoms with E-state index in [9.17, 15) is 4.79 Å². The molecule has 94 valence electrons. The zero-order valence-electron chi connectivity index (χ0n) is 11.1. The second kappa shape index (κ2) is 5.17. The molecule has 3 nitrogen and oxygen atoms in total. The van der Waals surface area contributed by atoms with Crippen LogP contribution in [0.4, 0.5) is 0 Å². The van der Waals surface area contributed by atoms with Gasteiger partial charge in [-0.05, 0) is 39.0 Å². The summed E-state index contributed by atoms with van der Waals surface area (Å²) in [6.07, 6.45) is 2.05. The van der Waals surface area contributed by atoms with E-state index >= 15 is 0 Å². The zero-order chi connectivity index (χ0) is 13.1. The Hall–Kier alpha value is -1.90. The highest BCUT2D eigenvalue weighted by molar-refractivity contribution is 5.92. The molecule has 0 unspecified atom stereocenters. The Morgan fingerprint density at radius 3 is 2.72 bits per heavy atom. The summed E-state index contributed by atoms with van der Waals surface area (Å²) in [6.45, 7) is 6.77. The van der Waals surface area contributed by atoms with Gasteiger partial charge >= 0.3 is 0 Å². The third-order valence-corrected chi connectivity index (χ3v) is 2.83. The minimum Gasteiger partial charge on any atom is -0.328 e. The second-order valence-corrected chi connectivity index (χ2v) is 4.63.